The Balaban J connectivity index is 1.78. The SMILES string of the molecule is Cc1ccc(NC(=O)N2CCOCC2c2nnc(C(C)C)o2)c(C)n1. The molecule has 1 unspecified atom stereocenters. The van der Waals surface area contributed by atoms with E-state index in [1.54, 1.807) is 4.90 Å². The van der Waals surface area contributed by atoms with Crippen molar-refractivity contribution in [2.24, 2.45) is 0 Å². The van der Waals surface area contributed by atoms with Crippen LogP contribution >= 0.6 is 0 Å². The monoisotopic (exact) mass is 345 g/mol. The second-order valence-electron chi connectivity index (χ2n) is 6.43. The number of nitrogens with zero attached hydrogens (tertiary/aromatic N) is 4. The minimum absolute atomic E-state index is 0.134. The summed E-state index contributed by atoms with van der Waals surface area (Å²) in [7, 11) is 0. The van der Waals surface area contributed by atoms with Crippen LogP contribution in [0.5, 0.6) is 0 Å². The Morgan fingerprint density at radius 2 is 2.12 bits per heavy atom. The zero-order valence-corrected chi connectivity index (χ0v) is 14.9. The summed E-state index contributed by atoms with van der Waals surface area (Å²) in [5.74, 6) is 1.09. The zero-order chi connectivity index (χ0) is 18.0. The predicted octanol–water partition coefficient (Wildman–Crippen LogP) is 2.81. The van der Waals surface area contributed by atoms with Gasteiger partial charge in [0.05, 0.1) is 24.6 Å². The Kier molecular flexibility index (Phi) is 4.98. The standard InChI is InChI=1S/C17H23N5O3/c1-10(2)15-20-21-16(25-15)14-9-24-8-7-22(14)17(23)19-13-6-5-11(3)18-12(13)4/h5-6,10,14H,7-9H2,1-4H3,(H,19,23). The highest BCUT2D eigenvalue weighted by Gasteiger charge is 2.33. The second-order valence-corrected chi connectivity index (χ2v) is 6.43. The van der Waals surface area contributed by atoms with E-state index in [9.17, 15) is 4.79 Å². The van der Waals surface area contributed by atoms with Gasteiger partial charge in [0.25, 0.3) is 0 Å². The number of nitrogens with one attached hydrogen (secondary N) is 1. The van der Waals surface area contributed by atoms with Crippen LogP contribution in [0.2, 0.25) is 0 Å². The molecule has 0 spiro atoms. The number of urea groups is 1. The molecule has 2 amide bonds. The molecule has 0 bridgehead atoms. The maximum Gasteiger partial charge on any atom is 0.322 e. The maximum absolute atomic E-state index is 12.8. The van der Waals surface area contributed by atoms with E-state index in [0.717, 1.165) is 11.4 Å². The average Bonchev–Trinajstić information content (AvgIpc) is 3.07. The van der Waals surface area contributed by atoms with E-state index in [-0.39, 0.29) is 11.9 Å². The topological polar surface area (TPSA) is 93.4 Å². The van der Waals surface area contributed by atoms with E-state index in [2.05, 4.69) is 20.5 Å². The van der Waals surface area contributed by atoms with Crippen LogP contribution in [-0.2, 0) is 4.74 Å². The molecule has 3 heterocycles. The first-order valence-corrected chi connectivity index (χ1v) is 8.38. The molecule has 134 valence electrons. The normalized spacial score (nSPS) is 17.8. The molecule has 1 N–H and O–H groups in total. The lowest BCUT2D eigenvalue weighted by atomic mass is 10.2. The van der Waals surface area contributed by atoms with Crippen LogP contribution in [0.1, 0.15) is 49.0 Å². The fourth-order valence-electron chi connectivity index (χ4n) is 2.67. The van der Waals surface area contributed by atoms with Crippen molar-refractivity contribution in [2.75, 3.05) is 25.1 Å². The van der Waals surface area contributed by atoms with Gasteiger partial charge in [-0.1, -0.05) is 13.8 Å². The van der Waals surface area contributed by atoms with Gasteiger partial charge in [-0.05, 0) is 26.0 Å². The Bertz CT molecular complexity index is 758. The third-order valence-electron chi connectivity index (χ3n) is 4.09. The number of anilines is 1. The summed E-state index contributed by atoms with van der Waals surface area (Å²) >= 11 is 0. The van der Waals surface area contributed by atoms with E-state index in [1.807, 2.05) is 39.8 Å². The van der Waals surface area contributed by atoms with Gasteiger partial charge in [-0.3, -0.25) is 4.98 Å². The summed E-state index contributed by atoms with van der Waals surface area (Å²) in [5, 5.41) is 11.1. The van der Waals surface area contributed by atoms with Gasteiger partial charge in [0.2, 0.25) is 11.8 Å². The molecule has 3 rings (SSSR count). The highest BCUT2D eigenvalue weighted by Crippen LogP contribution is 2.26. The average molecular weight is 345 g/mol. The maximum atomic E-state index is 12.8. The van der Waals surface area contributed by atoms with Crippen molar-refractivity contribution in [3.63, 3.8) is 0 Å². The molecule has 0 saturated carbocycles. The van der Waals surface area contributed by atoms with Crippen molar-refractivity contribution in [1.82, 2.24) is 20.1 Å². The van der Waals surface area contributed by atoms with E-state index in [1.165, 1.54) is 0 Å². The first kappa shape index (κ1) is 17.3. The largest absolute Gasteiger partial charge is 0.423 e. The number of aryl methyl sites for hydroxylation is 2. The molecule has 1 atom stereocenters. The molecule has 2 aromatic heterocycles. The van der Waals surface area contributed by atoms with Gasteiger partial charge in [0, 0.05) is 18.2 Å². The van der Waals surface area contributed by atoms with E-state index >= 15 is 0 Å². The van der Waals surface area contributed by atoms with E-state index in [0.29, 0.717) is 37.2 Å². The summed E-state index contributed by atoms with van der Waals surface area (Å²) < 4.78 is 11.2. The van der Waals surface area contributed by atoms with Crippen LogP contribution in [0.15, 0.2) is 16.5 Å². The lowest BCUT2D eigenvalue weighted by Crippen LogP contribution is -2.45. The number of aromatic nitrogens is 3. The van der Waals surface area contributed by atoms with Crippen LogP contribution in [0, 0.1) is 13.8 Å². The van der Waals surface area contributed by atoms with Crippen LogP contribution < -0.4 is 5.32 Å². The van der Waals surface area contributed by atoms with Crippen LogP contribution in [0.4, 0.5) is 10.5 Å². The lowest BCUT2D eigenvalue weighted by Gasteiger charge is -2.33. The molecule has 0 aliphatic carbocycles. The summed E-state index contributed by atoms with van der Waals surface area (Å²) in [5.41, 5.74) is 2.37. The van der Waals surface area contributed by atoms with Crippen LogP contribution in [0.25, 0.3) is 0 Å². The summed E-state index contributed by atoms with van der Waals surface area (Å²) in [6, 6.07) is 3.10. The van der Waals surface area contributed by atoms with E-state index in [4.69, 9.17) is 9.15 Å². The minimum atomic E-state index is -0.396. The molecule has 0 radical (unpaired) electrons. The van der Waals surface area contributed by atoms with Crippen molar-refractivity contribution in [3.8, 4) is 0 Å². The van der Waals surface area contributed by atoms with Crippen LogP contribution in [-0.4, -0.2) is 45.9 Å². The van der Waals surface area contributed by atoms with E-state index < -0.39 is 6.04 Å². The van der Waals surface area contributed by atoms with Crippen molar-refractivity contribution in [2.45, 2.75) is 39.7 Å². The predicted molar refractivity (Wildman–Crippen MR) is 91.4 cm³/mol. The van der Waals surface area contributed by atoms with Gasteiger partial charge in [0.15, 0.2) is 0 Å². The number of pyridine rings is 1. The van der Waals surface area contributed by atoms with Crippen molar-refractivity contribution in [1.29, 1.82) is 0 Å². The smallest absolute Gasteiger partial charge is 0.322 e. The number of hydrogen-bond donors (Lipinski definition) is 1. The Morgan fingerprint density at radius 3 is 2.80 bits per heavy atom. The number of carbonyl (C=O) groups is 1. The van der Waals surface area contributed by atoms with Crippen molar-refractivity contribution < 1.29 is 13.9 Å². The van der Waals surface area contributed by atoms with Crippen molar-refractivity contribution in [3.05, 3.63) is 35.3 Å². The van der Waals surface area contributed by atoms with Gasteiger partial charge in [-0.2, -0.15) is 0 Å². The van der Waals surface area contributed by atoms with Gasteiger partial charge in [-0.25, -0.2) is 4.79 Å². The molecule has 25 heavy (non-hydrogen) atoms. The lowest BCUT2D eigenvalue weighted by molar-refractivity contribution is 0.00493. The first-order valence-electron chi connectivity index (χ1n) is 8.38. The number of carbonyl (C=O) groups excluding carboxylic acids is 1. The van der Waals surface area contributed by atoms with Gasteiger partial charge in [-0.15, -0.1) is 10.2 Å². The number of rotatable bonds is 3. The third-order valence-corrected chi connectivity index (χ3v) is 4.09. The minimum Gasteiger partial charge on any atom is -0.423 e. The molecule has 2 aromatic rings. The summed E-state index contributed by atoms with van der Waals surface area (Å²) in [6.45, 7) is 9.00. The number of amides is 2. The number of hydrogen-bond acceptors (Lipinski definition) is 6. The molecule has 8 heteroatoms. The molecule has 1 saturated heterocycles. The van der Waals surface area contributed by atoms with Gasteiger partial charge >= 0.3 is 6.03 Å². The molecule has 0 aromatic carbocycles. The van der Waals surface area contributed by atoms with Gasteiger partial charge in [0.1, 0.15) is 6.04 Å². The number of ether oxygens (including phenoxy) is 1. The highest BCUT2D eigenvalue weighted by atomic mass is 16.5. The first-order chi connectivity index (χ1) is 12.0. The fourth-order valence-corrected chi connectivity index (χ4v) is 2.67. The second kappa shape index (κ2) is 7.18. The molecule has 1 aliphatic heterocycles. The highest BCUT2D eigenvalue weighted by molar-refractivity contribution is 5.90. The number of morpholine rings is 1. The van der Waals surface area contributed by atoms with Crippen molar-refractivity contribution >= 4 is 11.7 Å². The summed E-state index contributed by atoms with van der Waals surface area (Å²) in [6.07, 6.45) is 0. The molecule has 8 nitrogen and oxygen atoms in total. The van der Waals surface area contributed by atoms with Crippen LogP contribution in [0.3, 0.4) is 0 Å². The quantitative estimate of drug-likeness (QED) is 0.919. The Labute approximate surface area is 146 Å². The molecule has 1 fully saturated rings. The Hall–Kier alpha value is -2.48. The van der Waals surface area contributed by atoms with Gasteiger partial charge < -0.3 is 19.4 Å². The third kappa shape index (κ3) is 3.79. The molecule has 1 aliphatic rings. The molecular formula is C17H23N5O3. The Morgan fingerprint density at radius 1 is 1.32 bits per heavy atom. The molecular weight excluding hydrogens is 322 g/mol. The summed E-state index contributed by atoms with van der Waals surface area (Å²) in [4.78, 5) is 18.8. The fraction of sp³-hybridized carbons (Fsp3) is 0.529. The zero-order valence-electron chi connectivity index (χ0n) is 14.9.